The van der Waals surface area contributed by atoms with Gasteiger partial charge in [-0.1, -0.05) is 23.1 Å². The van der Waals surface area contributed by atoms with Gasteiger partial charge in [-0.25, -0.2) is 0 Å². The summed E-state index contributed by atoms with van der Waals surface area (Å²) in [6.07, 6.45) is 1.16. The Balaban J connectivity index is 0.00000242. The lowest BCUT2D eigenvalue weighted by atomic mass is 10.2. The van der Waals surface area contributed by atoms with E-state index in [1.165, 1.54) is 0 Å². The summed E-state index contributed by atoms with van der Waals surface area (Å²) in [5.41, 5.74) is 7.27. The fourth-order valence-corrected chi connectivity index (χ4v) is 3.62. The first kappa shape index (κ1) is 18.9. The highest BCUT2D eigenvalue weighted by Gasteiger charge is 2.07. The molecule has 0 aliphatic carbocycles. The SMILES string of the molecule is Cc1nnc(Sc2ccc(NC(=O)CCCN)c(C)c2)s1.Cl. The van der Waals surface area contributed by atoms with Crippen molar-refractivity contribution in [3.8, 4) is 0 Å². The van der Waals surface area contributed by atoms with Crippen LogP contribution in [0, 0.1) is 13.8 Å². The normalized spacial score (nSPS) is 10.1. The lowest BCUT2D eigenvalue weighted by Crippen LogP contribution is -2.14. The second kappa shape index (κ2) is 9.09. The molecule has 2 aromatic rings. The second-order valence-electron chi connectivity index (χ2n) is 4.61. The first-order chi connectivity index (χ1) is 10.1. The van der Waals surface area contributed by atoms with Crippen molar-refractivity contribution in [1.29, 1.82) is 0 Å². The molecule has 22 heavy (non-hydrogen) atoms. The summed E-state index contributed by atoms with van der Waals surface area (Å²) < 4.78 is 0.923. The van der Waals surface area contributed by atoms with Crippen LogP contribution in [-0.4, -0.2) is 22.6 Å². The summed E-state index contributed by atoms with van der Waals surface area (Å²) in [5, 5.41) is 12.0. The van der Waals surface area contributed by atoms with Crippen molar-refractivity contribution in [2.24, 2.45) is 5.73 Å². The Kier molecular flexibility index (Phi) is 7.81. The van der Waals surface area contributed by atoms with Gasteiger partial charge in [0.25, 0.3) is 0 Å². The lowest BCUT2D eigenvalue weighted by Gasteiger charge is -2.09. The van der Waals surface area contributed by atoms with Gasteiger partial charge >= 0.3 is 0 Å². The summed E-state index contributed by atoms with van der Waals surface area (Å²) >= 11 is 3.15. The van der Waals surface area contributed by atoms with Gasteiger partial charge in [0.15, 0.2) is 4.34 Å². The number of carbonyl (C=O) groups excluding carboxylic acids is 1. The molecule has 0 radical (unpaired) electrons. The molecule has 0 saturated heterocycles. The Morgan fingerprint density at radius 1 is 1.36 bits per heavy atom. The lowest BCUT2D eigenvalue weighted by molar-refractivity contribution is -0.116. The number of nitrogens with two attached hydrogens (primary N) is 1. The monoisotopic (exact) mass is 358 g/mol. The van der Waals surface area contributed by atoms with Gasteiger partial charge in [0.1, 0.15) is 5.01 Å². The van der Waals surface area contributed by atoms with E-state index in [-0.39, 0.29) is 18.3 Å². The summed E-state index contributed by atoms with van der Waals surface area (Å²) in [4.78, 5) is 12.8. The zero-order chi connectivity index (χ0) is 15.2. The van der Waals surface area contributed by atoms with E-state index in [1.807, 2.05) is 32.0 Å². The van der Waals surface area contributed by atoms with Gasteiger partial charge in [-0.05, 0) is 50.6 Å². The van der Waals surface area contributed by atoms with Crippen molar-refractivity contribution >= 4 is 47.1 Å². The molecule has 0 atom stereocenters. The van der Waals surface area contributed by atoms with Crippen LogP contribution in [0.3, 0.4) is 0 Å². The van der Waals surface area contributed by atoms with Crippen molar-refractivity contribution in [2.75, 3.05) is 11.9 Å². The van der Waals surface area contributed by atoms with Crippen molar-refractivity contribution in [1.82, 2.24) is 10.2 Å². The van der Waals surface area contributed by atoms with Gasteiger partial charge in [-0.2, -0.15) is 0 Å². The van der Waals surface area contributed by atoms with Crippen LogP contribution in [0.15, 0.2) is 27.4 Å². The maximum Gasteiger partial charge on any atom is 0.224 e. The van der Waals surface area contributed by atoms with Gasteiger partial charge in [0, 0.05) is 17.0 Å². The molecule has 0 spiro atoms. The molecule has 5 nitrogen and oxygen atoms in total. The van der Waals surface area contributed by atoms with E-state index in [0.29, 0.717) is 19.4 Å². The predicted octanol–water partition coefficient (Wildman–Crippen LogP) is 3.41. The van der Waals surface area contributed by atoms with Crippen LogP contribution in [-0.2, 0) is 4.79 Å². The highest BCUT2D eigenvalue weighted by atomic mass is 35.5. The minimum absolute atomic E-state index is 0. The Morgan fingerprint density at radius 2 is 2.14 bits per heavy atom. The van der Waals surface area contributed by atoms with E-state index < -0.39 is 0 Å². The molecular formula is C14H19ClN4OS2. The largest absolute Gasteiger partial charge is 0.330 e. The molecule has 0 bridgehead atoms. The number of anilines is 1. The molecule has 0 unspecified atom stereocenters. The number of aromatic nitrogens is 2. The van der Waals surface area contributed by atoms with E-state index in [1.54, 1.807) is 23.1 Å². The van der Waals surface area contributed by atoms with Crippen LogP contribution in [0.1, 0.15) is 23.4 Å². The van der Waals surface area contributed by atoms with E-state index in [4.69, 9.17) is 5.73 Å². The molecule has 1 aromatic heterocycles. The maximum atomic E-state index is 11.7. The molecule has 0 fully saturated rings. The van der Waals surface area contributed by atoms with Gasteiger partial charge in [0.05, 0.1) is 0 Å². The highest BCUT2D eigenvalue weighted by molar-refractivity contribution is 8.01. The first-order valence-corrected chi connectivity index (χ1v) is 8.30. The predicted molar refractivity (Wildman–Crippen MR) is 94.1 cm³/mol. The Labute approximate surface area is 144 Å². The number of nitrogens with one attached hydrogen (secondary N) is 1. The molecular weight excluding hydrogens is 340 g/mol. The summed E-state index contributed by atoms with van der Waals surface area (Å²) in [7, 11) is 0. The number of amides is 1. The molecule has 120 valence electrons. The topological polar surface area (TPSA) is 80.9 Å². The van der Waals surface area contributed by atoms with Crippen molar-refractivity contribution < 1.29 is 4.79 Å². The smallest absolute Gasteiger partial charge is 0.224 e. The molecule has 3 N–H and O–H groups in total. The van der Waals surface area contributed by atoms with Crippen molar-refractivity contribution in [3.63, 3.8) is 0 Å². The standard InChI is InChI=1S/C14H18N4OS2.ClH/c1-9-8-11(21-14-18-17-10(2)20-14)5-6-12(9)16-13(19)4-3-7-15;/h5-6,8H,3-4,7,15H2,1-2H3,(H,16,19);1H. The Hall–Kier alpha value is -1.15. The molecule has 2 rings (SSSR count). The number of hydrogen-bond acceptors (Lipinski definition) is 6. The van der Waals surface area contributed by atoms with Crippen molar-refractivity contribution in [3.05, 3.63) is 28.8 Å². The quantitative estimate of drug-likeness (QED) is 0.827. The van der Waals surface area contributed by atoms with Crippen LogP contribution in [0.25, 0.3) is 0 Å². The third-order valence-electron chi connectivity index (χ3n) is 2.79. The van der Waals surface area contributed by atoms with Crippen molar-refractivity contribution in [2.45, 2.75) is 35.9 Å². The molecule has 1 heterocycles. The summed E-state index contributed by atoms with van der Waals surface area (Å²) in [6, 6.07) is 5.94. The number of nitrogens with zero attached hydrogens (tertiary/aromatic N) is 2. The first-order valence-electron chi connectivity index (χ1n) is 6.67. The molecule has 0 aliphatic heterocycles. The third-order valence-corrected chi connectivity index (χ3v) is 4.67. The number of carbonyl (C=O) groups is 1. The van der Waals surface area contributed by atoms with Gasteiger partial charge < -0.3 is 11.1 Å². The third kappa shape index (κ3) is 5.57. The number of halogens is 1. The van der Waals surface area contributed by atoms with E-state index in [9.17, 15) is 4.79 Å². The maximum absolute atomic E-state index is 11.7. The minimum Gasteiger partial charge on any atom is -0.330 e. The van der Waals surface area contributed by atoms with Gasteiger partial charge in [-0.3, -0.25) is 4.79 Å². The number of aryl methyl sites for hydroxylation is 2. The molecule has 1 aromatic carbocycles. The van der Waals surface area contributed by atoms with E-state index in [2.05, 4.69) is 15.5 Å². The second-order valence-corrected chi connectivity index (χ2v) is 7.11. The van der Waals surface area contributed by atoms with E-state index >= 15 is 0 Å². The molecule has 8 heteroatoms. The zero-order valence-corrected chi connectivity index (χ0v) is 14.9. The van der Waals surface area contributed by atoms with Crippen LogP contribution in [0.4, 0.5) is 5.69 Å². The Morgan fingerprint density at radius 3 is 2.73 bits per heavy atom. The van der Waals surface area contributed by atoms with Crippen LogP contribution in [0.5, 0.6) is 0 Å². The average molecular weight is 359 g/mol. The highest BCUT2D eigenvalue weighted by Crippen LogP contribution is 2.32. The molecule has 0 aliphatic rings. The number of hydrogen-bond donors (Lipinski definition) is 2. The van der Waals surface area contributed by atoms with Gasteiger partial charge in [0.2, 0.25) is 5.91 Å². The number of benzene rings is 1. The van der Waals surface area contributed by atoms with Crippen LogP contribution >= 0.6 is 35.5 Å². The fraction of sp³-hybridized carbons (Fsp3) is 0.357. The number of rotatable bonds is 6. The van der Waals surface area contributed by atoms with Crippen LogP contribution in [0.2, 0.25) is 0 Å². The molecule has 1 amide bonds. The fourth-order valence-electron chi connectivity index (χ4n) is 1.74. The van der Waals surface area contributed by atoms with E-state index in [0.717, 1.165) is 25.5 Å². The molecule has 0 saturated carbocycles. The summed E-state index contributed by atoms with van der Waals surface area (Å²) in [6.45, 7) is 4.45. The Bertz CT molecular complexity index is 633. The zero-order valence-electron chi connectivity index (χ0n) is 12.5. The van der Waals surface area contributed by atoms with Crippen LogP contribution < -0.4 is 11.1 Å². The average Bonchev–Trinajstić information content (AvgIpc) is 2.85. The summed E-state index contributed by atoms with van der Waals surface area (Å²) in [5.74, 6) is 0.00343. The van der Waals surface area contributed by atoms with Gasteiger partial charge in [-0.15, -0.1) is 22.6 Å². The minimum atomic E-state index is 0.